The smallest absolute Gasteiger partial charge is 0.0419 e. The highest BCUT2D eigenvalue weighted by Gasteiger charge is 2.17. The molecule has 1 fully saturated rings. The fraction of sp³-hybridized carbons (Fsp3) is 0.348. The summed E-state index contributed by atoms with van der Waals surface area (Å²) in [6.45, 7) is 4.34. The van der Waals surface area contributed by atoms with Crippen molar-refractivity contribution in [2.75, 3.05) is 7.05 Å². The molecule has 1 aliphatic rings. The van der Waals surface area contributed by atoms with Crippen molar-refractivity contribution < 1.29 is 0 Å². The van der Waals surface area contributed by atoms with Crippen molar-refractivity contribution in [2.24, 2.45) is 10.9 Å². The topological polar surface area (TPSA) is 12.4 Å². The molecule has 0 aliphatic heterocycles. The maximum Gasteiger partial charge on any atom is 0.0419 e. The van der Waals surface area contributed by atoms with Crippen LogP contribution in [0.4, 0.5) is 0 Å². The summed E-state index contributed by atoms with van der Waals surface area (Å²) in [4.78, 5) is 7.08. The van der Waals surface area contributed by atoms with Crippen molar-refractivity contribution >= 4 is 23.0 Å². The molecule has 130 valence electrons. The summed E-state index contributed by atoms with van der Waals surface area (Å²) in [5.41, 5.74) is 3.45. The zero-order valence-electron chi connectivity index (χ0n) is 15.1. The van der Waals surface area contributed by atoms with Gasteiger partial charge < -0.3 is 0 Å². The van der Waals surface area contributed by atoms with E-state index < -0.39 is 0 Å². The van der Waals surface area contributed by atoms with Gasteiger partial charge in [0.05, 0.1) is 0 Å². The minimum absolute atomic E-state index is 0.789. The van der Waals surface area contributed by atoms with E-state index in [1.165, 1.54) is 53.2 Å². The van der Waals surface area contributed by atoms with Crippen LogP contribution < -0.4 is 0 Å². The SMILES string of the molecule is C=C(C(CC1CCCCC1)=NC)c1ccc(Sc2ccccc2)cc1. The molecule has 0 radical (unpaired) electrons. The Hall–Kier alpha value is -1.80. The lowest BCUT2D eigenvalue weighted by molar-refractivity contribution is 0.368. The number of rotatable bonds is 6. The zero-order chi connectivity index (χ0) is 17.5. The van der Waals surface area contributed by atoms with Crippen molar-refractivity contribution in [1.29, 1.82) is 0 Å². The Morgan fingerprint density at radius 1 is 0.960 bits per heavy atom. The molecule has 0 N–H and O–H groups in total. The standard InChI is InChI=1S/C23H27NS/c1-18(23(24-2)17-19-9-5-3-6-10-19)20-13-15-22(16-14-20)25-21-11-7-4-8-12-21/h4,7-8,11-16,19H,1,3,5-6,9-10,17H2,2H3. The van der Waals surface area contributed by atoms with Crippen LogP contribution in [0.1, 0.15) is 44.1 Å². The molecule has 0 aromatic heterocycles. The van der Waals surface area contributed by atoms with E-state index in [0.29, 0.717) is 0 Å². The van der Waals surface area contributed by atoms with Crippen LogP contribution in [0.5, 0.6) is 0 Å². The quantitative estimate of drug-likeness (QED) is 0.517. The fourth-order valence-electron chi connectivity index (χ4n) is 3.53. The molecule has 0 spiro atoms. The number of benzene rings is 2. The van der Waals surface area contributed by atoms with Crippen LogP contribution >= 0.6 is 11.8 Å². The lowest BCUT2D eigenvalue weighted by Crippen LogP contribution is -2.13. The average Bonchev–Trinajstić information content (AvgIpc) is 2.68. The highest BCUT2D eigenvalue weighted by Crippen LogP contribution is 2.31. The van der Waals surface area contributed by atoms with Gasteiger partial charge >= 0.3 is 0 Å². The number of aliphatic imine (C=N–C) groups is 1. The molecular weight excluding hydrogens is 322 g/mol. The zero-order valence-corrected chi connectivity index (χ0v) is 15.9. The lowest BCUT2D eigenvalue weighted by Gasteiger charge is -2.23. The number of hydrogen-bond acceptors (Lipinski definition) is 2. The summed E-state index contributed by atoms with van der Waals surface area (Å²) in [7, 11) is 1.91. The third-order valence-corrected chi connectivity index (χ3v) is 6.02. The Bertz CT molecular complexity index is 710. The molecule has 2 heteroatoms. The van der Waals surface area contributed by atoms with Crippen LogP contribution in [-0.4, -0.2) is 12.8 Å². The number of allylic oxidation sites excluding steroid dienone is 1. The maximum absolute atomic E-state index is 4.56. The van der Waals surface area contributed by atoms with Crippen LogP contribution in [0, 0.1) is 5.92 Å². The van der Waals surface area contributed by atoms with Gasteiger partial charge in [-0.2, -0.15) is 0 Å². The van der Waals surface area contributed by atoms with E-state index >= 15 is 0 Å². The van der Waals surface area contributed by atoms with E-state index in [0.717, 1.165) is 17.9 Å². The minimum Gasteiger partial charge on any atom is -0.292 e. The summed E-state index contributed by atoms with van der Waals surface area (Å²) in [5.74, 6) is 0.789. The highest BCUT2D eigenvalue weighted by molar-refractivity contribution is 7.99. The molecule has 2 aromatic rings. The summed E-state index contributed by atoms with van der Waals surface area (Å²) >= 11 is 1.79. The second-order valence-corrected chi connectivity index (χ2v) is 7.94. The van der Waals surface area contributed by atoms with Gasteiger partial charge in [-0.25, -0.2) is 0 Å². The predicted molar refractivity (Wildman–Crippen MR) is 111 cm³/mol. The molecule has 3 rings (SSSR count). The first kappa shape index (κ1) is 18.0. The molecule has 0 heterocycles. The molecule has 25 heavy (non-hydrogen) atoms. The fourth-order valence-corrected chi connectivity index (χ4v) is 4.37. The van der Waals surface area contributed by atoms with Gasteiger partial charge in [-0.05, 0) is 47.7 Å². The third-order valence-electron chi connectivity index (χ3n) is 5.01. The van der Waals surface area contributed by atoms with E-state index in [1.807, 2.05) is 7.05 Å². The predicted octanol–water partition coefficient (Wildman–Crippen LogP) is 6.89. The Labute approximate surface area is 156 Å². The van der Waals surface area contributed by atoms with Gasteiger partial charge in [0.1, 0.15) is 0 Å². The summed E-state index contributed by atoms with van der Waals surface area (Å²) in [6.07, 6.45) is 7.92. The first-order chi connectivity index (χ1) is 12.3. The van der Waals surface area contributed by atoms with E-state index in [4.69, 9.17) is 0 Å². The second kappa shape index (κ2) is 9.05. The molecule has 2 aromatic carbocycles. The Kier molecular flexibility index (Phi) is 6.52. The van der Waals surface area contributed by atoms with Gasteiger partial charge in [-0.3, -0.25) is 4.99 Å². The van der Waals surface area contributed by atoms with Crippen LogP contribution in [-0.2, 0) is 0 Å². The van der Waals surface area contributed by atoms with Crippen molar-refractivity contribution in [1.82, 2.24) is 0 Å². The molecule has 0 saturated heterocycles. The van der Waals surface area contributed by atoms with Crippen LogP contribution in [0.2, 0.25) is 0 Å². The van der Waals surface area contributed by atoms with Gasteiger partial charge in [-0.1, -0.05) is 80.8 Å². The third kappa shape index (κ3) is 5.09. The van der Waals surface area contributed by atoms with E-state index in [-0.39, 0.29) is 0 Å². The van der Waals surface area contributed by atoms with Gasteiger partial charge in [0.15, 0.2) is 0 Å². The van der Waals surface area contributed by atoms with Gasteiger partial charge in [0.25, 0.3) is 0 Å². The normalized spacial score (nSPS) is 16.0. The van der Waals surface area contributed by atoms with Gasteiger partial charge in [-0.15, -0.1) is 0 Å². The van der Waals surface area contributed by atoms with Crippen molar-refractivity contribution in [3.8, 4) is 0 Å². The summed E-state index contributed by atoms with van der Waals surface area (Å²) in [6, 6.07) is 19.2. The summed E-state index contributed by atoms with van der Waals surface area (Å²) < 4.78 is 0. The van der Waals surface area contributed by atoms with Crippen molar-refractivity contribution in [3.05, 3.63) is 66.7 Å². The molecule has 0 unspecified atom stereocenters. The van der Waals surface area contributed by atoms with Gasteiger partial charge in [0.2, 0.25) is 0 Å². The van der Waals surface area contributed by atoms with E-state index in [9.17, 15) is 0 Å². The first-order valence-corrected chi connectivity index (χ1v) is 10.1. The first-order valence-electron chi connectivity index (χ1n) is 9.24. The molecule has 1 nitrogen and oxygen atoms in total. The Morgan fingerprint density at radius 2 is 1.60 bits per heavy atom. The lowest BCUT2D eigenvalue weighted by atomic mass is 9.84. The number of hydrogen-bond donors (Lipinski definition) is 0. The average molecular weight is 350 g/mol. The van der Waals surface area contributed by atoms with Crippen LogP contribution in [0.15, 0.2) is 76.0 Å². The Morgan fingerprint density at radius 3 is 2.24 bits per heavy atom. The monoisotopic (exact) mass is 349 g/mol. The van der Waals surface area contributed by atoms with Crippen LogP contribution in [0.3, 0.4) is 0 Å². The number of nitrogens with zero attached hydrogens (tertiary/aromatic N) is 1. The van der Waals surface area contributed by atoms with Crippen LogP contribution in [0.25, 0.3) is 5.57 Å². The van der Waals surface area contributed by atoms with Crippen molar-refractivity contribution in [2.45, 2.75) is 48.3 Å². The maximum atomic E-state index is 4.56. The molecule has 0 bridgehead atoms. The highest BCUT2D eigenvalue weighted by atomic mass is 32.2. The molecule has 0 atom stereocenters. The largest absolute Gasteiger partial charge is 0.292 e. The molecule has 0 amide bonds. The molecule has 1 aliphatic carbocycles. The second-order valence-electron chi connectivity index (χ2n) is 6.80. The summed E-state index contributed by atoms with van der Waals surface area (Å²) in [5, 5.41) is 0. The van der Waals surface area contributed by atoms with Crippen molar-refractivity contribution in [3.63, 3.8) is 0 Å². The van der Waals surface area contributed by atoms with Gasteiger partial charge in [0, 0.05) is 22.6 Å². The van der Waals surface area contributed by atoms with E-state index in [1.54, 1.807) is 11.8 Å². The molecular formula is C23H27NS. The van der Waals surface area contributed by atoms with E-state index in [2.05, 4.69) is 66.2 Å². The Balaban J connectivity index is 1.64. The molecule has 1 saturated carbocycles. The minimum atomic E-state index is 0.789.